The lowest BCUT2D eigenvalue weighted by atomic mass is 9.96. The van der Waals surface area contributed by atoms with Gasteiger partial charge in [0.2, 0.25) is 41.4 Å². The number of primary amides is 1. The fourth-order valence-corrected chi connectivity index (χ4v) is 8.62. The molecule has 2 aromatic rings. The highest BCUT2D eigenvalue weighted by molar-refractivity contribution is 7.90. The number of alkyl carbamates (subject to hydrolysis) is 1. The molecule has 14 unspecified atom stereocenters. The third-order valence-corrected chi connectivity index (χ3v) is 12.6. The van der Waals surface area contributed by atoms with Crippen LogP contribution in [0.2, 0.25) is 0 Å². The highest BCUT2D eigenvalue weighted by Crippen LogP contribution is 2.34. The maximum absolute atomic E-state index is 14.5. The van der Waals surface area contributed by atoms with Gasteiger partial charge in [0.1, 0.15) is 61.2 Å². The molecule has 2 aromatic carbocycles. The number of rotatable bonds is 14. The SMILES string of the molecule is CC(O)C1NC(=O)[C@@H](NC(=O)OCc2ccccc2)CC(O)C(O)NC(=O)C2C(O)C(C)CN2C(=O)C(C(O)CC(N)=O)NC(=O)C(C(O)C(O)c2ccc(O)c(OSOOO)c2)NC(=O)C2CC(O)CN2C1=O. The minimum Gasteiger partial charge on any atom is -0.504 e. The highest BCUT2D eigenvalue weighted by Gasteiger charge is 2.50. The quantitative estimate of drug-likeness (QED) is 0.0362. The molecular weight excluding hydrogens is 1010 g/mol. The zero-order chi connectivity index (χ0) is 54.7. The monoisotopic (exact) mass is 1070 g/mol. The lowest BCUT2D eigenvalue weighted by molar-refractivity contribution is -0.433. The predicted octanol–water partition coefficient (Wildman–Crippen LogP) is -6.12. The number of phenols is 1. The number of nitrogens with one attached hydrogen (secondary N) is 5. The molecule has 408 valence electrons. The number of fused-ring (bicyclic) bond motifs is 2. The number of aliphatic hydroxyl groups excluding tert-OH is 8. The van der Waals surface area contributed by atoms with Gasteiger partial charge >= 0.3 is 6.09 Å². The van der Waals surface area contributed by atoms with Crippen molar-refractivity contribution in [3.05, 3.63) is 59.7 Å². The van der Waals surface area contributed by atoms with Crippen molar-refractivity contribution in [3.8, 4) is 11.5 Å². The van der Waals surface area contributed by atoms with Gasteiger partial charge in [0.25, 0.3) is 12.3 Å². The van der Waals surface area contributed by atoms with Crippen LogP contribution in [0.5, 0.6) is 11.5 Å². The minimum atomic E-state index is -2.55. The average Bonchev–Trinajstić information content (AvgIpc) is 3.90. The summed E-state index contributed by atoms with van der Waals surface area (Å²) in [6.45, 7) is 0.871. The minimum absolute atomic E-state index is 0.0358. The molecule has 30 nitrogen and oxygen atoms in total. The van der Waals surface area contributed by atoms with Gasteiger partial charge in [-0.15, -0.1) is 0 Å². The van der Waals surface area contributed by atoms with Gasteiger partial charge in [-0.2, -0.15) is 0 Å². The lowest BCUT2D eigenvalue weighted by Crippen LogP contribution is -2.64. The summed E-state index contributed by atoms with van der Waals surface area (Å²) in [6, 6.07) is -1.72. The van der Waals surface area contributed by atoms with E-state index < -0.39 is 182 Å². The number of carbonyl (C=O) groups excluding carboxylic acids is 8. The third kappa shape index (κ3) is 14.6. The molecule has 0 spiro atoms. The molecule has 8 amide bonds. The Labute approximate surface area is 423 Å². The molecule has 3 aliphatic rings. The molecule has 3 fully saturated rings. The average molecular weight is 1070 g/mol. The number of ether oxygens (including phenoxy) is 1. The summed E-state index contributed by atoms with van der Waals surface area (Å²) >= 11 is -0.0358. The maximum atomic E-state index is 14.5. The number of aromatic hydroxyl groups is 1. The molecule has 31 heteroatoms. The summed E-state index contributed by atoms with van der Waals surface area (Å²) in [4.78, 5) is 112. The van der Waals surface area contributed by atoms with Gasteiger partial charge in [-0.3, -0.25) is 33.6 Å². The first-order valence-electron chi connectivity index (χ1n) is 22.6. The van der Waals surface area contributed by atoms with E-state index in [0.29, 0.717) is 15.4 Å². The van der Waals surface area contributed by atoms with E-state index in [-0.39, 0.29) is 24.5 Å². The van der Waals surface area contributed by atoms with Crippen molar-refractivity contribution in [2.75, 3.05) is 13.1 Å². The van der Waals surface area contributed by atoms with Gasteiger partial charge < -0.3 is 97.0 Å². The van der Waals surface area contributed by atoms with Crippen molar-refractivity contribution in [2.45, 2.75) is 125 Å². The van der Waals surface area contributed by atoms with E-state index in [1.54, 1.807) is 30.3 Å². The van der Waals surface area contributed by atoms with Crippen molar-refractivity contribution in [1.82, 2.24) is 36.4 Å². The Hall–Kier alpha value is -6.49. The molecule has 0 bridgehead atoms. The van der Waals surface area contributed by atoms with Crippen molar-refractivity contribution < 1.29 is 108 Å². The smallest absolute Gasteiger partial charge is 0.408 e. The van der Waals surface area contributed by atoms with E-state index in [0.717, 1.165) is 25.1 Å². The molecule has 15 atom stereocenters. The van der Waals surface area contributed by atoms with Crippen LogP contribution in [0.1, 0.15) is 50.3 Å². The van der Waals surface area contributed by atoms with E-state index in [2.05, 4.69) is 30.6 Å². The second-order valence-corrected chi connectivity index (χ2v) is 18.1. The molecule has 3 saturated heterocycles. The standard InChI is InChI=1S/C43H58N8O22S/c1-17-14-51-32(33(17)58)40(65)49-38(63)26(56)12-22(45-43(68)70-16-19-6-4-3-5-7-19)36(61)46-29(18(2)52)41(66)50-15-21(53)11-23(50)37(62)48-31(39(64)47-30(42(51)67)25(55)13-28(44)57)35(60)34(59)20-8-9-24(54)27(10-20)71-74-73-72-69/h3-10,17-18,21-23,25-26,29-35,38,52-56,58-60,63,69H,11-16H2,1-2H3,(H2,44,57)(H,45,68)(H,46,61)(H,47,64)(H,48,62)(H,49,65)/t17?,18?,21?,22-,23?,25?,26?,29?,30?,31?,32?,33?,34?,35?,38?/m0/s1. The molecule has 0 aromatic heterocycles. The molecule has 5 rings (SSSR count). The summed E-state index contributed by atoms with van der Waals surface area (Å²) in [5.74, 6) is -11.7. The fourth-order valence-electron chi connectivity index (χ4n) is 8.36. The van der Waals surface area contributed by atoms with Crippen molar-refractivity contribution in [3.63, 3.8) is 0 Å². The Morgan fingerprint density at radius 1 is 0.824 bits per heavy atom. The Bertz CT molecular complexity index is 2340. The number of carbonyl (C=O) groups is 8. The van der Waals surface area contributed by atoms with Gasteiger partial charge in [0.05, 0.1) is 30.8 Å². The zero-order valence-electron chi connectivity index (χ0n) is 39.3. The van der Waals surface area contributed by atoms with E-state index in [9.17, 15) is 84.3 Å². The van der Waals surface area contributed by atoms with Crippen LogP contribution in [0.4, 0.5) is 4.79 Å². The summed E-state index contributed by atoms with van der Waals surface area (Å²) in [7, 11) is 0. The zero-order valence-corrected chi connectivity index (χ0v) is 40.1. The third-order valence-electron chi connectivity index (χ3n) is 12.3. The molecule has 0 saturated carbocycles. The van der Waals surface area contributed by atoms with Crippen molar-refractivity contribution in [2.24, 2.45) is 11.7 Å². The number of nitrogens with zero attached hydrogens (tertiary/aromatic N) is 2. The predicted molar refractivity (Wildman–Crippen MR) is 245 cm³/mol. The highest BCUT2D eigenvalue weighted by atomic mass is 32.2. The molecule has 3 aliphatic heterocycles. The Kier molecular flexibility index (Phi) is 20.6. The molecular formula is C43H58N8O22S. The number of amides is 8. The Morgan fingerprint density at radius 3 is 2.12 bits per heavy atom. The van der Waals surface area contributed by atoms with Crippen LogP contribution in [0, 0.1) is 5.92 Å². The Balaban J connectivity index is 1.60. The van der Waals surface area contributed by atoms with Crippen LogP contribution in [0.25, 0.3) is 0 Å². The molecule has 3 heterocycles. The van der Waals surface area contributed by atoms with Crippen LogP contribution in [-0.4, -0.2) is 201 Å². The van der Waals surface area contributed by atoms with Crippen molar-refractivity contribution >= 4 is 59.8 Å². The van der Waals surface area contributed by atoms with Gasteiger partial charge in [-0.25, -0.2) is 10.1 Å². The number of benzene rings is 2. The molecule has 0 radical (unpaired) electrons. The van der Waals surface area contributed by atoms with Crippen LogP contribution in [0.15, 0.2) is 48.5 Å². The summed E-state index contributed by atoms with van der Waals surface area (Å²) in [6.07, 6.45) is -20.8. The van der Waals surface area contributed by atoms with Crippen LogP contribution in [-0.2, 0) is 54.3 Å². The van der Waals surface area contributed by atoms with E-state index in [4.69, 9.17) is 19.9 Å². The van der Waals surface area contributed by atoms with Crippen LogP contribution < -0.4 is 36.5 Å². The van der Waals surface area contributed by atoms with Gasteiger partial charge in [0, 0.05) is 31.8 Å². The summed E-state index contributed by atoms with van der Waals surface area (Å²) < 4.78 is 14.3. The second kappa shape index (κ2) is 26.1. The lowest BCUT2D eigenvalue weighted by Gasteiger charge is -2.34. The van der Waals surface area contributed by atoms with E-state index in [1.807, 2.05) is 5.32 Å². The van der Waals surface area contributed by atoms with Gasteiger partial charge in [0.15, 0.2) is 17.7 Å². The molecule has 74 heavy (non-hydrogen) atoms. The maximum Gasteiger partial charge on any atom is 0.408 e. The molecule has 17 N–H and O–H groups in total. The number of aliphatic hydroxyl groups is 8. The van der Waals surface area contributed by atoms with E-state index in [1.165, 1.54) is 6.92 Å². The second-order valence-electron chi connectivity index (χ2n) is 17.7. The topological polar surface area (TPSA) is 468 Å². The number of phenolic OH excluding ortho intramolecular Hbond substituents is 1. The molecule has 0 aliphatic carbocycles. The Morgan fingerprint density at radius 2 is 1.47 bits per heavy atom. The van der Waals surface area contributed by atoms with Gasteiger partial charge in [-0.1, -0.05) is 52.7 Å². The van der Waals surface area contributed by atoms with Crippen LogP contribution >= 0.6 is 12.3 Å². The first-order valence-corrected chi connectivity index (χ1v) is 23.3. The first kappa shape index (κ1) is 58.4. The number of hydrogen-bond donors (Lipinski definition) is 16. The summed E-state index contributed by atoms with van der Waals surface area (Å²) in [5.41, 5.74) is 5.46. The van der Waals surface area contributed by atoms with E-state index >= 15 is 0 Å². The summed E-state index contributed by atoms with van der Waals surface area (Å²) in [5, 5.41) is 123. The van der Waals surface area contributed by atoms with Crippen molar-refractivity contribution in [1.29, 1.82) is 0 Å². The number of nitrogens with two attached hydrogens (primary N) is 1. The van der Waals surface area contributed by atoms with Gasteiger partial charge in [-0.05, 0) is 30.2 Å². The normalized spacial score (nSPS) is 29.2. The fraction of sp³-hybridized carbons (Fsp3) is 0.535. The first-order chi connectivity index (χ1) is 34.9. The largest absolute Gasteiger partial charge is 0.504 e. The van der Waals surface area contributed by atoms with Crippen LogP contribution in [0.3, 0.4) is 0 Å². The number of hydrogen-bond acceptors (Lipinski definition) is 23.